The Morgan fingerprint density at radius 3 is 2.80 bits per heavy atom. The van der Waals surface area contributed by atoms with E-state index in [4.69, 9.17) is 13.9 Å². The summed E-state index contributed by atoms with van der Waals surface area (Å²) in [5.74, 6) is 2.94. The summed E-state index contributed by atoms with van der Waals surface area (Å²) < 4.78 is 18.3. The molecule has 1 atom stereocenters. The van der Waals surface area contributed by atoms with E-state index >= 15 is 0 Å². The zero-order valence-corrected chi connectivity index (χ0v) is 19.6. The summed E-state index contributed by atoms with van der Waals surface area (Å²) in [6.07, 6.45) is 7.04. The largest absolute Gasteiger partial charge is 0.467 e. The Balaban J connectivity index is 1.35. The first-order valence-electron chi connectivity index (χ1n) is 12.2. The zero-order valence-electron chi connectivity index (χ0n) is 19.6. The van der Waals surface area contributed by atoms with Crippen molar-refractivity contribution in [2.75, 3.05) is 6.79 Å². The number of furan rings is 1. The molecule has 1 aliphatic heterocycles. The number of hydrogen-bond donors (Lipinski definition) is 1. The van der Waals surface area contributed by atoms with Gasteiger partial charge in [-0.15, -0.1) is 5.10 Å². The van der Waals surface area contributed by atoms with Crippen molar-refractivity contribution >= 4 is 10.9 Å². The van der Waals surface area contributed by atoms with E-state index in [1.165, 1.54) is 12.8 Å². The number of aromatic nitrogens is 5. The van der Waals surface area contributed by atoms with Gasteiger partial charge in [-0.1, -0.05) is 19.8 Å². The first-order chi connectivity index (χ1) is 17.2. The van der Waals surface area contributed by atoms with E-state index in [-0.39, 0.29) is 18.4 Å². The first kappa shape index (κ1) is 21.8. The van der Waals surface area contributed by atoms with E-state index in [0.29, 0.717) is 36.2 Å². The van der Waals surface area contributed by atoms with Crippen LogP contribution < -0.4 is 15.0 Å². The number of benzene rings is 1. The Morgan fingerprint density at radius 1 is 1.20 bits per heavy atom. The lowest BCUT2D eigenvalue weighted by atomic mass is 10.0. The fraction of sp³-hybridized carbons (Fsp3) is 0.440. The number of hydrogen-bond acceptors (Lipinski definition) is 8. The molecule has 1 fully saturated rings. The van der Waals surface area contributed by atoms with Crippen LogP contribution in [0.15, 0.2) is 45.8 Å². The normalized spacial score (nSPS) is 16.5. The van der Waals surface area contributed by atoms with Crippen LogP contribution in [-0.2, 0) is 13.1 Å². The third-order valence-electron chi connectivity index (χ3n) is 7.09. The zero-order chi connectivity index (χ0) is 23.8. The predicted molar refractivity (Wildman–Crippen MR) is 127 cm³/mol. The number of ether oxygens (including phenoxy) is 2. The van der Waals surface area contributed by atoms with Crippen molar-refractivity contribution in [1.29, 1.82) is 0 Å². The number of tetrazole rings is 1. The molecule has 0 saturated heterocycles. The molecule has 1 saturated carbocycles. The van der Waals surface area contributed by atoms with Crippen molar-refractivity contribution in [3.05, 3.63) is 64.1 Å². The van der Waals surface area contributed by atoms with Gasteiger partial charge >= 0.3 is 0 Å². The van der Waals surface area contributed by atoms with Crippen LogP contribution in [0.2, 0.25) is 0 Å². The van der Waals surface area contributed by atoms with Crippen molar-refractivity contribution in [1.82, 2.24) is 30.1 Å². The summed E-state index contributed by atoms with van der Waals surface area (Å²) >= 11 is 0. The highest BCUT2D eigenvalue weighted by Crippen LogP contribution is 2.36. The number of fused-ring (bicyclic) bond motifs is 2. The number of nitrogens with zero attached hydrogens (tertiary/aromatic N) is 5. The van der Waals surface area contributed by atoms with Crippen LogP contribution >= 0.6 is 0 Å². The van der Waals surface area contributed by atoms with Crippen molar-refractivity contribution in [3.63, 3.8) is 0 Å². The summed E-state index contributed by atoms with van der Waals surface area (Å²) in [7, 11) is 0. The van der Waals surface area contributed by atoms with Gasteiger partial charge in [0.05, 0.1) is 17.8 Å². The maximum atomic E-state index is 13.1. The predicted octanol–water partition coefficient (Wildman–Crippen LogP) is 3.78. The Labute approximate surface area is 201 Å². The van der Waals surface area contributed by atoms with Crippen molar-refractivity contribution < 1.29 is 13.9 Å². The summed E-state index contributed by atoms with van der Waals surface area (Å²) in [6.45, 7) is 3.32. The molecule has 0 spiro atoms. The molecule has 0 amide bonds. The number of nitrogens with one attached hydrogen (secondary N) is 1. The van der Waals surface area contributed by atoms with Crippen molar-refractivity contribution in [2.24, 2.45) is 0 Å². The van der Waals surface area contributed by atoms with E-state index in [0.717, 1.165) is 41.8 Å². The second-order valence-electron chi connectivity index (χ2n) is 9.23. The molecular weight excluding hydrogens is 448 g/mol. The Bertz CT molecular complexity index is 1370. The minimum Gasteiger partial charge on any atom is -0.467 e. The summed E-state index contributed by atoms with van der Waals surface area (Å²) in [4.78, 5) is 18.6. The number of aromatic amines is 1. The average Bonchev–Trinajstić information content (AvgIpc) is 3.66. The molecule has 1 N–H and O–H groups in total. The average molecular weight is 477 g/mol. The maximum absolute atomic E-state index is 13.1. The Kier molecular flexibility index (Phi) is 5.73. The summed E-state index contributed by atoms with van der Waals surface area (Å²) in [5.41, 5.74) is 1.36. The Morgan fingerprint density at radius 2 is 2.03 bits per heavy atom. The van der Waals surface area contributed by atoms with Gasteiger partial charge in [0.2, 0.25) is 6.79 Å². The third-order valence-corrected chi connectivity index (χ3v) is 7.09. The fourth-order valence-corrected chi connectivity index (χ4v) is 5.36. The van der Waals surface area contributed by atoms with Crippen LogP contribution in [0, 0.1) is 0 Å². The highest BCUT2D eigenvalue weighted by molar-refractivity contribution is 5.83. The van der Waals surface area contributed by atoms with E-state index in [9.17, 15) is 4.79 Å². The molecular formula is C25H28N6O4. The van der Waals surface area contributed by atoms with E-state index in [1.807, 2.05) is 30.3 Å². The maximum Gasteiger partial charge on any atom is 0.252 e. The molecule has 1 aromatic carbocycles. The minimum atomic E-state index is -0.0932. The van der Waals surface area contributed by atoms with Gasteiger partial charge in [-0.05, 0) is 54.0 Å². The van der Waals surface area contributed by atoms with Gasteiger partial charge in [-0.2, -0.15) is 0 Å². The van der Waals surface area contributed by atoms with Crippen molar-refractivity contribution in [3.8, 4) is 11.5 Å². The standard InChI is InChI=1S/C25H28N6O4/c1-2-21(24-27-28-29-31(24)14-19-8-5-9-33-19)30(18-6-3-4-7-18)13-17-10-16-11-22-23(35-15-34-22)12-20(16)26-25(17)32/h5,8-12,18,21H,2-4,6-7,13-15H2,1H3,(H,26,32)/t21-/m1/s1. The van der Waals surface area contributed by atoms with Crippen LogP contribution in [0.25, 0.3) is 10.9 Å². The first-order valence-corrected chi connectivity index (χ1v) is 12.2. The van der Waals surface area contributed by atoms with Gasteiger partial charge in [-0.3, -0.25) is 9.69 Å². The Hall–Kier alpha value is -3.66. The molecule has 2 aliphatic rings. The second-order valence-corrected chi connectivity index (χ2v) is 9.23. The quantitative estimate of drug-likeness (QED) is 0.409. The van der Waals surface area contributed by atoms with Crippen LogP contribution in [0.5, 0.6) is 11.5 Å². The summed E-state index contributed by atoms with van der Waals surface area (Å²) in [6, 6.07) is 9.83. The topological polar surface area (TPSA) is 111 Å². The molecule has 35 heavy (non-hydrogen) atoms. The van der Waals surface area contributed by atoms with Crippen LogP contribution in [0.4, 0.5) is 0 Å². The van der Waals surface area contributed by atoms with Gasteiger partial charge in [0.25, 0.3) is 5.56 Å². The number of rotatable bonds is 8. The molecule has 4 heterocycles. The lowest BCUT2D eigenvalue weighted by Gasteiger charge is -2.35. The van der Waals surface area contributed by atoms with Gasteiger partial charge in [-0.25, -0.2) is 4.68 Å². The van der Waals surface area contributed by atoms with E-state index in [2.05, 4.69) is 32.3 Å². The highest BCUT2D eigenvalue weighted by atomic mass is 16.7. The molecule has 182 valence electrons. The van der Waals surface area contributed by atoms with Crippen LogP contribution in [0.1, 0.15) is 62.2 Å². The van der Waals surface area contributed by atoms with Gasteiger partial charge in [0.15, 0.2) is 17.3 Å². The third kappa shape index (κ3) is 4.18. The van der Waals surface area contributed by atoms with Crippen LogP contribution in [0.3, 0.4) is 0 Å². The SMILES string of the molecule is CC[C@H](c1nnnn1Cc1ccco1)N(Cc1cc2cc3c(cc2[nH]c1=O)OCO3)C1CCCC1. The lowest BCUT2D eigenvalue weighted by Crippen LogP contribution is -2.39. The van der Waals surface area contributed by atoms with Gasteiger partial charge < -0.3 is 18.9 Å². The monoisotopic (exact) mass is 476 g/mol. The molecule has 0 radical (unpaired) electrons. The molecule has 10 nitrogen and oxygen atoms in total. The number of pyridine rings is 1. The van der Waals surface area contributed by atoms with E-state index in [1.54, 1.807) is 10.9 Å². The molecule has 10 heteroatoms. The molecule has 0 bridgehead atoms. The molecule has 3 aromatic heterocycles. The van der Waals surface area contributed by atoms with Crippen LogP contribution in [-0.4, -0.2) is 42.9 Å². The van der Waals surface area contributed by atoms with Crippen molar-refractivity contribution in [2.45, 2.75) is 64.2 Å². The highest BCUT2D eigenvalue weighted by Gasteiger charge is 2.33. The minimum absolute atomic E-state index is 0.0325. The van der Waals surface area contributed by atoms with E-state index < -0.39 is 0 Å². The lowest BCUT2D eigenvalue weighted by molar-refractivity contribution is 0.112. The van der Waals surface area contributed by atoms with Gasteiger partial charge in [0.1, 0.15) is 12.3 Å². The smallest absolute Gasteiger partial charge is 0.252 e. The molecule has 6 rings (SSSR count). The molecule has 0 unspecified atom stereocenters. The fourth-order valence-electron chi connectivity index (χ4n) is 5.36. The van der Waals surface area contributed by atoms with Gasteiger partial charge in [0, 0.05) is 29.6 Å². The molecule has 1 aliphatic carbocycles. The molecule has 4 aromatic rings. The number of H-pyrrole nitrogens is 1. The second kappa shape index (κ2) is 9.18. The summed E-state index contributed by atoms with van der Waals surface area (Å²) in [5, 5.41) is 13.6.